The molecule has 90 valence electrons. The molecule has 1 aromatic carbocycles. The Kier molecular flexibility index (Phi) is 5.60. The van der Waals surface area contributed by atoms with Crippen LogP contribution in [-0.4, -0.2) is 23.0 Å². The molecule has 1 aromatic rings. The van der Waals surface area contributed by atoms with E-state index in [4.69, 9.17) is 18.0 Å². The van der Waals surface area contributed by atoms with Crippen LogP contribution in [0.25, 0.3) is 0 Å². The first kappa shape index (κ1) is 13.6. The van der Waals surface area contributed by atoms with Crippen molar-refractivity contribution in [2.45, 2.75) is 6.54 Å². The van der Waals surface area contributed by atoms with E-state index in [1.807, 2.05) is 36.4 Å². The quantitative estimate of drug-likeness (QED) is 0.592. The van der Waals surface area contributed by atoms with Gasteiger partial charge < -0.3 is 5.73 Å². The van der Waals surface area contributed by atoms with Crippen LogP contribution in [0.4, 0.5) is 0 Å². The first-order valence-electron chi connectivity index (χ1n) is 5.51. The van der Waals surface area contributed by atoms with Crippen LogP contribution < -0.4 is 5.73 Å². The number of nitrogens with two attached hydrogens (primary N) is 1. The van der Waals surface area contributed by atoms with E-state index in [0.29, 0.717) is 4.99 Å². The number of nitrogens with zero attached hydrogens (tertiary/aromatic N) is 1. The van der Waals surface area contributed by atoms with Gasteiger partial charge in [0.2, 0.25) is 0 Å². The highest BCUT2D eigenvalue weighted by atomic mass is 32.1. The van der Waals surface area contributed by atoms with Crippen LogP contribution in [0.3, 0.4) is 0 Å². The Morgan fingerprint density at radius 1 is 1.24 bits per heavy atom. The largest absolute Gasteiger partial charge is 0.389 e. The van der Waals surface area contributed by atoms with Gasteiger partial charge in [-0.25, -0.2) is 0 Å². The molecule has 17 heavy (non-hydrogen) atoms. The van der Waals surface area contributed by atoms with Gasteiger partial charge in [-0.05, 0) is 5.56 Å². The van der Waals surface area contributed by atoms with Crippen molar-refractivity contribution < 1.29 is 0 Å². The van der Waals surface area contributed by atoms with E-state index < -0.39 is 0 Å². The average molecular weight is 246 g/mol. The summed E-state index contributed by atoms with van der Waals surface area (Å²) in [5.74, 6) is 0. The predicted octanol–water partition coefficient (Wildman–Crippen LogP) is 2.49. The van der Waals surface area contributed by atoms with Gasteiger partial charge in [-0.2, -0.15) is 0 Å². The molecule has 0 aliphatic carbocycles. The molecule has 0 radical (unpaired) electrons. The van der Waals surface area contributed by atoms with Crippen molar-refractivity contribution in [2.75, 3.05) is 13.1 Å². The average Bonchev–Trinajstić information content (AvgIpc) is 2.30. The summed E-state index contributed by atoms with van der Waals surface area (Å²) >= 11 is 5.05. The molecule has 0 amide bonds. The van der Waals surface area contributed by atoms with Crippen molar-refractivity contribution in [3.63, 3.8) is 0 Å². The highest BCUT2D eigenvalue weighted by Crippen LogP contribution is 2.11. The molecule has 0 aromatic heterocycles. The van der Waals surface area contributed by atoms with E-state index >= 15 is 0 Å². The number of rotatable bonds is 7. The Labute approximate surface area is 108 Å². The fourth-order valence-electron chi connectivity index (χ4n) is 1.71. The zero-order valence-corrected chi connectivity index (χ0v) is 10.7. The Bertz CT molecular complexity index is 402. The first-order valence-corrected chi connectivity index (χ1v) is 5.91. The minimum absolute atomic E-state index is 0.442. The highest BCUT2D eigenvalue weighted by molar-refractivity contribution is 7.80. The van der Waals surface area contributed by atoms with Gasteiger partial charge >= 0.3 is 0 Å². The lowest BCUT2D eigenvalue weighted by atomic mass is 10.1. The molecule has 0 heterocycles. The standard InChI is InChI=1S/C14H18N2S/c1-3-9-16(10-4-2)11-12-7-5-6-8-13(12)14(15)17/h3-8H,1-2,9-11H2,(H2,15,17). The fourth-order valence-corrected chi connectivity index (χ4v) is 1.91. The van der Waals surface area contributed by atoms with Crippen LogP contribution in [-0.2, 0) is 6.54 Å². The summed E-state index contributed by atoms with van der Waals surface area (Å²) in [4.78, 5) is 2.66. The summed E-state index contributed by atoms with van der Waals surface area (Å²) in [6.45, 7) is 9.94. The molecule has 3 heteroatoms. The molecule has 0 saturated carbocycles. The molecule has 0 aliphatic rings. The topological polar surface area (TPSA) is 29.3 Å². The maximum atomic E-state index is 5.71. The minimum atomic E-state index is 0.442. The number of benzene rings is 1. The van der Waals surface area contributed by atoms with Crippen molar-refractivity contribution in [1.82, 2.24) is 4.90 Å². The van der Waals surface area contributed by atoms with Crippen molar-refractivity contribution in [1.29, 1.82) is 0 Å². The zero-order chi connectivity index (χ0) is 12.7. The first-order chi connectivity index (χ1) is 8.19. The van der Waals surface area contributed by atoms with Gasteiger partial charge in [-0.3, -0.25) is 4.90 Å². The lowest BCUT2D eigenvalue weighted by molar-refractivity contribution is 0.327. The molecule has 1 rings (SSSR count). The van der Waals surface area contributed by atoms with Crippen LogP contribution >= 0.6 is 12.2 Å². The monoisotopic (exact) mass is 246 g/mol. The van der Waals surface area contributed by atoms with Crippen molar-refractivity contribution >= 4 is 17.2 Å². The third-order valence-corrected chi connectivity index (χ3v) is 2.67. The highest BCUT2D eigenvalue weighted by Gasteiger charge is 2.08. The predicted molar refractivity (Wildman–Crippen MR) is 78.0 cm³/mol. The van der Waals surface area contributed by atoms with Gasteiger partial charge in [0.05, 0.1) is 0 Å². The second kappa shape index (κ2) is 6.99. The molecule has 0 atom stereocenters. The summed E-state index contributed by atoms with van der Waals surface area (Å²) in [6.07, 6.45) is 3.76. The van der Waals surface area contributed by atoms with E-state index in [-0.39, 0.29) is 0 Å². The Morgan fingerprint density at radius 3 is 2.35 bits per heavy atom. The molecule has 2 nitrogen and oxygen atoms in total. The summed E-state index contributed by atoms with van der Waals surface area (Å²) in [7, 11) is 0. The molecular formula is C14H18N2S. The second-order valence-electron chi connectivity index (χ2n) is 3.79. The van der Waals surface area contributed by atoms with Crippen LogP contribution in [0.2, 0.25) is 0 Å². The third kappa shape index (κ3) is 4.13. The van der Waals surface area contributed by atoms with Crippen LogP contribution in [0.15, 0.2) is 49.6 Å². The molecule has 0 bridgehead atoms. The lowest BCUT2D eigenvalue weighted by Gasteiger charge is -2.20. The Morgan fingerprint density at radius 2 is 1.82 bits per heavy atom. The molecule has 0 unspecified atom stereocenters. The Balaban J connectivity index is 2.87. The summed E-state index contributed by atoms with van der Waals surface area (Å²) in [5, 5.41) is 0. The maximum absolute atomic E-state index is 5.71. The van der Waals surface area contributed by atoms with E-state index in [2.05, 4.69) is 18.1 Å². The van der Waals surface area contributed by atoms with Crippen molar-refractivity contribution in [3.05, 3.63) is 60.7 Å². The van der Waals surface area contributed by atoms with Gasteiger partial charge in [0, 0.05) is 25.2 Å². The van der Waals surface area contributed by atoms with Gasteiger partial charge in [-0.15, -0.1) is 13.2 Å². The van der Waals surface area contributed by atoms with E-state index in [9.17, 15) is 0 Å². The van der Waals surface area contributed by atoms with Gasteiger partial charge in [0.15, 0.2) is 0 Å². The van der Waals surface area contributed by atoms with Gasteiger partial charge in [0.25, 0.3) is 0 Å². The fraction of sp³-hybridized carbons (Fsp3) is 0.214. The normalized spacial score (nSPS) is 10.2. The SMILES string of the molecule is C=CCN(CC=C)Cc1ccccc1C(N)=S. The minimum Gasteiger partial charge on any atom is -0.389 e. The molecule has 0 saturated heterocycles. The molecular weight excluding hydrogens is 228 g/mol. The second-order valence-corrected chi connectivity index (χ2v) is 4.23. The molecule has 0 aliphatic heterocycles. The van der Waals surface area contributed by atoms with E-state index in [1.165, 1.54) is 0 Å². The molecule has 0 fully saturated rings. The van der Waals surface area contributed by atoms with Crippen molar-refractivity contribution in [2.24, 2.45) is 5.73 Å². The summed E-state index contributed by atoms with van der Waals surface area (Å²) in [6, 6.07) is 7.95. The summed E-state index contributed by atoms with van der Waals surface area (Å²) < 4.78 is 0. The lowest BCUT2D eigenvalue weighted by Crippen LogP contribution is -2.25. The number of hydrogen-bond donors (Lipinski definition) is 1. The molecule has 0 spiro atoms. The van der Waals surface area contributed by atoms with Gasteiger partial charge in [0.1, 0.15) is 4.99 Å². The van der Waals surface area contributed by atoms with Gasteiger partial charge in [-0.1, -0.05) is 48.6 Å². The van der Waals surface area contributed by atoms with Crippen LogP contribution in [0.5, 0.6) is 0 Å². The Hall–Kier alpha value is -1.45. The van der Waals surface area contributed by atoms with Crippen LogP contribution in [0.1, 0.15) is 11.1 Å². The smallest absolute Gasteiger partial charge is 0.104 e. The van der Waals surface area contributed by atoms with Crippen LogP contribution in [0, 0.1) is 0 Å². The maximum Gasteiger partial charge on any atom is 0.104 e. The molecule has 2 N–H and O–H groups in total. The number of thiocarbonyl (C=S) groups is 1. The zero-order valence-electron chi connectivity index (χ0n) is 9.93. The third-order valence-electron chi connectivity index (χ3n) is 2.45. The van der Waals surface area contributed by atoms with E-state index in [0.717, 1.165) is 30.8 Å². The summed E-state index contributed by atoms with van der Waals surface area (Å²) in [5.41, 5.74) is 7.80. The number of hydrogen-bond acceptors (Lipinski definition) is 2. The van der Waals surface area contributed by atoms with E-state index in [1.54, 1.807) is 0 Å². The van der Waals surface area contributed by atoms with Crippen molar-refractivity contribution in [3.8, 4) is 0 Å².